The maximum atomic E-state index is 13.4. The van der Waals surface area contributed by atoms with Crippen molar-refractivity contribution in [2.45, 2.75) is 40.0 Å². The molecule has 4 aromatic rings. The standard InChI is InChI=1S/C26H26N2O4S/c1-15-12-19-20(13-16(15)2)32-23(17-6-8-18(9-7-17)26(3,4)5)24(22(19)30)31-14-21(29)28-25-27-10-11-33-25/h6-13H,14H2,1-5H3,(H,27,28,29). The molecule has 0 radical (unpaired) electrons. The number of hydrogen-bond donors (Lipinski definition) is 1. The van der Waals surface area contributed by atoms with Gasteiger partial charge < -0.3 is 9.15 Å². The number of ether oxygens (including phenoxy) is 1. The van der Waals surface area contributed by atoms with Gasteiger partial charge >= 0.3 is 0 Å². The fourth-order valence-electron chi connectivity index (χ4n) is 3.45. The highest BCUT2D eigenvalue weighted by Gasteiger charge is 2.21. The predicted octanol–water partition coefficient (Wildman–Crippen LogP) is 5.85. The van der Waals surface area contributed by atoms with Gasteiger partial charge in [-0.25, -0.2) is 4.98 Å². The molecule has 6 nitrogen and oxygen atoms in total. The van der Waals surface area contributed by atoms with Crippen molar-refractivity contribution in [1.29, 1.82) is 0 Å². The van der Waals surface area contributed by atoms with Crippen molar-refractivity contribution >= 4 is 33.3 Å². The van der Waals surface area contributed by atoms with Crippen LogP contribution in [0.4, 0.5) is 5.13 Å². The van der Waals surface area contributed by atoms with Gasteiger partial charge in [-0.1, -0.05) is 45.0 Å². The number of carbonyl (C=O) groups is 1. The molecule has 0 unspecified atom stereocenters. The van der Waals surface area contributed by atoms with E-state index in [0.717, 1.165) is 16.7 Å². The van der Waals surface area contributed by atoms with E-state index in [0.29, 0.717) is 27.4 Å². The van der Waals surface area contributed by atoms with E-state index in [1.54, 1.807) is 17.6 Å². The summed E-state index contributed by atoms with van der Waals surface area (Å²) < 4.78 is 12.0. The molecule has 0 atom stereocenters. The minimum absolute atomic E-state index is 0.00929. The van der Waals surface area contributed by atoms with Gasteiger partial charge in [0.25, 0.3) is 5.91 Å². The molecule has 2 heterocycles. The maximum absolute atomic E-state index is 13.4. The van der Waals surface area contributed by atoms with Gasteiger partial charge in [0.15, 0.2) is 17.5 Å². The first-order valence-electron chi connectivity index (χ1n) is 10.6. The van der Waals surface area contributed by atoms with E-state index in [4.69, 9.17) is 9.15 Å². The third-order valence-corrected chi connectivity index (χ3v) is 6.19. The summed E-state index contributed by atoms with van der Waals surface area (Å²) in [5.41, 5.74) is 4.03. The largest absolute Gasteiger partial charge is 0.476 e. The number of rotatable bonds is 5. The number of aromatic nitrogens is 1. The summed E-state index contributed by atoms with van der Waals surface area (Å²) in [7, 11) is 0. The molecule has 33 heavy (non-hydrogen) atoms. The smallest absolute Gasteiger partial charge is 0.264 e. The van der Waals surface area contributed by atoms with Gasteiger partial charge in [0.2, 0.25) is 11.2 Å². The number of fused-ring (bicyclic) bond motifs is 1. The lowest BCUT2D eigenvalue weighted by molar-refractivity contribution is -0.118. The molecule has 0 saturated heterocycles. The Morgan fingerprint density at radius 3 is 2.45 bits per heavy atom. The molecular formula is C26H26N2O4S. The Labute approximate surface area is 196 Å². The van der Waals surface area contributed by atoms with Gasteiger partial charge in [0.1, 0.15) is 5.58 Å². The van der Waals surface area contributed by atoms with Crippen LogP contribution in [0.15, 0.2) is 57.2 Å². The van der Waals surface area contributed by atoms with Crippen molar-refractivity contribution in [3.8, 4) is 17.1 Å². The van der Waals surface area contributed by atoms with Gasteiger partial charge in [-0.3, -0.25) is 14.9 Å². The minimum Gasteiger partial charge on any atom is -0.476 e. The third kappa shape index (κ3) is 4.83. The van der Waals surface area contributed by atoms with E-state index < -0.39 is 5.91 Å². The van der Waals surface area contributed by atoms with E-state index in [9.17, 15) is 9.59 Å². The van der Waals surface area contributed by atoms with Crippen LogP contribution in [0.1, 0.15) is 37.5 Å². The monoisotopic (exact) mass is 462 g/mol. The molecule has 0 saturated carbocycles. The van der Waals surface area contributed by atoms with E-state index >= 15 is 0 Å². The lowest BCUT2D eigenvalue weighted by Gasteiger charge is -2.19. The van der Waals surface area contributed by atoms with Crippen LogP contribution in [0, 0.1) is 13.8 Å². The van der Waals surface area contributed by atoms with Crippen LogP contribution in [-0.2, 0) is 10.2 Å². The molecule has 2 aromatic carbocycles. The summed E-state index contributed by atoms with van der Waals surface area (Å²) in [5, 5.41) is 5.31. The van der Waals surface area contributed by atoms with Crippen molar-refractivity contribution in [1.82, 2.24) is 4.98 Å². The first-order chi connectivity index (χ1) is 15.6. The number of amides is 1. The Kier molecular flexibility index (Phi) is 6.08. The highest BCUT2D eigenvalue weighted by molar-refractivity contribution is 7.13. The molecule has 4 rings (SSSR count). The molecule has 170 valence electrons. The summed E-state index contributed by atoms with van der Waals surface area (Å²) in [6.45, 7) is 9.99. The average Bonchev–Trinajstić information content (AvgIpc) is 3.27. The quantitative estimate of drug-likeness (QED) is 0.402. The Hall–Kier alpha value is -3.45. The Balaban J connectivity index is 1.77. The molecule has 0 spiro atoms. The number of anilines is 1. The second-order valence-electron chi connectivity index (χ2n) is 9.02. The fourth-order valence-corrected chi connectivity index (χ4v) is 4.00. The van der Waals surface area contributed by atoms with Crippen LogP contribution in [0.2, 0.25) is 0 Å². The van der Waals surface area contributed by atoms with Crippen LogP contribution in [-0.4, -0.2) is 17.5 Å². The first-order valence-corrected chi connectivity index (χ1v) is 11.5. The molecule has 0 aliphatic heterocycles. The maximum Gasteiger partial charge on any atom is 0.264 e. The van der Waals surface area contributed by atoms with Gasteiger partial charge in [-0.05, 0) is 48.1 Å². The van der Waals surface area contributed by atoms with Crippen LogP contribution >= 0.6 is 11.3 Å². The third-order valence-electron chi connectivity index (χ3n) is 5.50. The van der Waals surface area contributed by atoms with Crippen molar-refractivity contribution < 1.29 is 13.9 Å². The van der Waals surface area contributed by atoms with Crippen molar-refractivity contribution in [2.24, 2.45) is 0 Å². The van der Waals surface area contributed by atoms with Gasteiger partial charge in [-0.2, -0.15) is 0 Å². The molecule has 0 fully saturated rings. The van der Waals surface area contributed by atoms with E-state index in [2.05, 4.69) is 31.1 Å². The number of thiazole rings is 1. The summed E-state index contributed by atoms with van der Waals surface area (Å²) >= 11 is 1.31. The molecule has 1 amide bonds. The fraction of sp³-hybridized carbons (Fsp3) is 0.269. The minimum atomic E-state index is -0.404. The number of hydrogen-bond acceptors (Lipinski definition) is 6. The van der Waals surface area contributed by atoms with Gasteiger partial charge in [0.05, 0.1) is 5.39 Å². The molecule has 0 bridgehead atoms. The zero-order valence-corrected chi connectivity index (χ0v) is 20.1. The molecule has 1 N–H and O–H groups in total. The second kappa shape index (κ2) is 8.83. The summed E-state index contributed by atoms with van der Waals surface area (Å²) in [6, 6.07) is 11.5. The van der Waals surface area contributed by atoms with E-state index in [1.165, 1.54) is 11.3 Å². The van der Waals surface area contributed by atoms with Crippen LogP contribution in [0.5, 0.6) is 5.75 Å². The summed E-state index contributed by atoms with van der Waals surface area (Å²) in [6.07, 6.45) is 1.60. The topological polar surface area (TPSA) is 81.4 Å². The number of nitrogens with one attached hydrogen (secondary N) is 1. The molecule has 7 heteroatoms. The van der Waals surface area contributed by atoms with Crippen LogP contribution in [0.3, 0.4) is 0 Å². The second-order valence-corrected chi connectivity index (χ2v) is 9.92. The lowest BCUT2D eigenvalue weighted by Crippen LogP contribution is -2.22. The number of carbonyl (C=O) groups excluding carboxylic acids is 1. The van der Waals surface area contributed by atoms with Crippen LogP contribution in [0.25, 0.3) is 22.3 Å². The van der Waals surface area contributed by atoms with Crippen LogP contribution < -0.4 is 15.5 Å². The average molecular weight is 463 g/mol. The normalized spacial score (nSPS) is 11.5. The Morgan fingerprint density at radius 1 is 1.12 bits per heavy atom. The molecular weight excluding hydrogens is 436 g/mol. The van der Waals surface area contributed by atoms with Crippen molar-refractivity contribution in [3.63, 3.8) is 0 Å². The van der Waals surface area contributed by atoms with E-state index in [-0.39, 0.29) is 23.2 Å². The van der Waals surface area contributed by atoms with Crippen molar-refractivity contribution in [2.75, 3.05) is 11.9 Å². The van der Waals surface area contributed by atoms with Gasteiger partial charge in [0, 0.05) is 17.1 Å². The lowest BCUT2D eigenvalue weighted by atomic mass is 9.86. The zero-order valence-electron chi connectivity index (χ0n) is 19.3. The Morgan fingerprint density at radius 2 is 1.82 bits per heavy atom. The highest BCUT2D eigenvalue weighted by atomic mass is 32.1. The molecule has 2 aromatic heterocycles. The van der Waals surface area contributed by atoms with Crippen molar-refractivity contribution in [3.05, 3.63) is 74.9 Å². The number of aryl methyl sites for hydroxylation is 2. The number of nitrogens with zero attached hydrogens (tertiary/aromatic N) is 1. The summed E-state index contributed by atoms with van der Waals surface area (Å²) in [5.74, 6) is -0.0830. The number of benzene rings is 2. The highest BCUT2D eigenvalue weighted by Crippen LogP contribution is 2.33. The SMILES string of the molecule is Cc1cc2oc(-c3ccc(C(C)(C)C)cc3)c(OCC(=O)Nc3nccs3)c(=O)c2cc1C. The van der Waals surface area contributed by atoms with E-state index in [1.807, 2.05) is 44.2 Å². The zero-order chi connectivity index (χ0) is 23.8. The molecule has 0 aliphatic rings. The summed E-state index contributed by atoms with van der Waals surface area (Å²) in [4.78, 5) is 29.8. The molecule has 0 aliphatic carbocycles. The van der Waals surface area contributed by atoms with Gasteiger partial charge in [-0.15, -0.1) is 11.3 Å². The first kappa shape index (κ1) is 22.7. The Bertz CT molecular complexity index is 1360. The predicted molar refractivity (Wildman–Crippen MR) is 132 cm³/mol.